The monoisotopic (exact) mass is 278 g/mol. The normalized spacial score (nSPS) is 10.1. The lowest BCUT2D eigenvalue weighted by Crippen LogP contribution is -2.07. The molecule has 0 aromatic heterocycles. The van der Waals surface area contributed by atoms with Crippen LogP contribution in [0, 0.1) is 0 Å². The van der Waals surface area contributed by atoms with Gasteiger partial charge in [-0.2, -0.15) is 0 Å². The minimum absolute atomic E-state index is 0.525. The van der Waals surface area contributed by atoms with E-state index in [-0.39, 0.29) is 0 Å². The molecule has 1 rings (SSSR count). The van der Waals surface area contributed by atoms with Gasteiger partial charge >= 0.3 is 0 Å². The Labute approximate surface area is 97.3 Å². The van der Waals surface area contributed by atoms with Gasteiger partial charge in [-0.3, -0.25) is 0 Å². The average molecular weight is 280 g/mol. The van der Waals surface area contributed by atoms with Gasteiger partial charge in [-0.25, -0.2) is 0 Å². The maximum absolute atomic E-state index is 5.45. The highest BCUT2D eigenvalue weighted by molar-refractivity contribution is 9.10. The standard InChI is InChI=1S/C10H12BrClO2/c11-9-2-1-3-10(8-9)14-7-6-13-5-4-12/h1-3,8H,4-7H2. The van der Waals surface area contributed by atoms with Gasteiger partial charge in [-0.15, -0.1) is 11.6 Å². The van der Waals surface area contributed by atoms with Crippen LogP contribution in [0.1, 0.15) is 0 Å². The van der Waals surface area contributed by atoms with Crippen molar-refractivity contribution < 1.29 is 9.47 Å². The zero-order valence-electron chi connectivity index (χ0n) is 7.71. The van der Waals surface area contributed by atoms with E-state index in [9.17, 15) is 0 Å². The summed E-state index contributed by atoms with van der Waals surface area (Å²) in [5, 5.41) is 0. The predicted molar refractivity (Wildman–Crippen MR) is 61.2 cm³/mol. The van der Waals surface area contributed by atoms with E-state index < -0.39 is 0 Å². The highest BCUT2D eigenvalue weighted by atomic mass is 79.9. The lowest BCUT2D eigenvalue weighted by Gasteiger charge is -2.06. The van der Waals surface area contributed by atoms with Gasteiger partial charge in [0.1, 0.15) is 12.4 Å². The van der Waals surface area contributed by atoms with Crippen LogP contribution in [-0.2, 0) is 4.74 Å². The Hall–Kier alpha value is -0.250. The molecular weight excluding hydrogens is 267 g/mol. The van der Waals surface area contributed by atoms with Crippen LogP contribution >= 0.6 is 27.5 Å². The number of hydrogen-bond acceptors (Lipinski definition) is 2. The molecule has 0 N–H and O–H groups in total. The smallest absolute Gasteiger partial charge is 0.120 e. The van der Waals surface area contributed by atoms with Crippen LogP contribution in [0.4, 0.5) is 0 Å². The fraction of sp³-hybridized carbons (Fsp3) is 0.400. The molecule has 0 spiro atoms. The maximum Gasteiger partial charge on any atom is 0.120 e. The van der Waals surface area contributed by atoms with E-state index in [2.05, 4.69) is 15.9 Å². The lowest BCUT2D eigenvalue weighted by atomic mass is 10.3. The fourth-order valence-corrected chi connectivity index (χ4v) is 1.42. The second-order valence-corrected chi connectivity index (χ2v) is 3.90. The third kappa shape index (κ3) is 4.84. The average Bonchev–Trinajstić information content (AvgIpc) is 2.18. The quantitative estimate of drug-likeness (QED) is 0.588. The summed E-state index contributed by atoms with van der Waals surface area (Å²) in [6.07, 6.45) is 0. The van der Waals surface area contributed by atoms with E-state index in [1.54, 1.807) is 0 Å². The molecule has 4 heteroatoms. The molecule has 0 fully saturated rings. The van der Waals surface area contributed by atoms with Crippen LogP contribution in [0.3, 0.4) is 0 Å². The first kappa shape index (κ1) is 11.8. The summed E-state index contributed by atoms with van der Waals surface area (Å²) in [5.74, 6) is 1.37. The molecule has 0 aliphatic heterocycles. The Balaban J connectivity index is 2.18. The molecule has 0 aliphatic carbocycles. The first-order chi connectivity index (χ1) is 6.83. The predicted octanol–water partition coefficient (Wildman–Crippen LogP) is 3.08. The van der Waals surface area contributed by atoms with Crippen molar-refractivity contribution in [2.24, 2.45) is 0 Å². The van der Waals surface area contributed by atoms with E-state index in [0.717, 1.165) is 10.2 Å². The largest absolute Gasteiger partial charge is 0.491 e. The Morgan fingerprint density at radius 3 is 2.79 bits per heavy atom. The summed E-state index contributed by atoms with van der Waals surface area (Å²) in [4.78, 5) is 0. The Morgan fingerprint density at radius 1 is 1.21 bits per heavy atom. The second kappa shape index (κ2) is 7.10. The topological polar surface area (TPSA) is 18.5 Å². The lowest BCUT2D eigenvalue weighted by molar-refractivity contribution is 0.111. The summed E-state index contributed by atoms with van der Waals surface area (Å²) in [7, 11) is 0. The van der Waals surface area contributed by atoms with Crippen molar-refractivity contribution in [1.82, 2.24) is 0 Å². The SMILES string of the molecule is ClCCOCCOc1cccc(Br)c1. The molecule has 0 radical (unpaired) electrons. The van der Waals surface area contributed by atoms with Gasteiger partial charge in [-0.05, 0) is 18.2 Å². The number of benzene rings is 1. The zero-order chi connectivity index (χ0) is 10.2. The van der Waals surface area contributed by atoms with E-state index in [4.69, 9.17) is 21.1 Å². The van der Waals surface area contributed by atoms with Gasteiger partial charge in [0, 0.05) is 10.4 Å². The molecule has 0 bridgehead atoms. The number of halogens is 2. The minimum Gasteiger partial charge on any atom is -0.491 e. The first-order valence-corrected chi connectivity index (χ1v) is 5.68. The minimum atomic E-state index is 0.525. The van der Waals surface area contributed by atoms with Crippen LogP contribution in [0.2, 0.25) is 0 Å². The number of rotatable bonds is 6. The van der Waals surface area contributed by atoms with E-state index in [1.165, 1.54) is 0 Å². The molecule has 1 aromatic rings. The van der Waals surface area contributed by atoms with Crippen molar-refractivity contribution in [1.29, 1.82) is 0 Å². The third-order valence-electron chi connectivity index (χ3n) is 1.51. The molecule has 0 saturated carbocycles. The van der Waals surface area contributed by atoms with E-state index in [0.29, 0.717) is 25.7 Å². The summed E-state index contributed by atoms with van der Waals surface area (Å²) in [5.41, 5.74) is 0. The molecule has 0 atom stereocenters. The van der Waals surface area contributed by atoms with Gasteiger partial charge in [0.05, 0.1) is 13.2 Å². The van der Waals surface area contributed by atoms with Crippen LogP contribution < -0.4 is 4.74 Å². The second-order valence-electron chi connectivity index (χ2n) is 2.61. The van der Waals surface area contributed by atoms with Gasteiger partial charge in [0.2, 0.25) is 0 Å². The molecule has 78 valence electrons. The molecule has 0 saturated heterocycles. The molecule has 0 aliphatic rings. The molecule has 14 heavy (non-hydrogen) atoms. The van der Waals surface area contributed by atoms with Gasteiger partial charge in [0.25, 0.3) is 0 Å². The molecule has 0 unspecified atom stereocenters. The van der Waals surface area contributed by atoms with E-state index >= 15 is 0 Å². The molecule has 0 heterocycles. The van der Waals surface area contributed by atoms with Crippen LogP contribution in [0.15, 0.2) is 28.7 Å². The number of hydrogen-bond donors (Lipinski definition) is 0. The Bertz CT molecular complexity index is 268. The highest BCUT2D eigenvalue weighted by Crippen LogP contribution is 2.17. The van der Waals surface area contributed by atoms with Crippen molar-refractivity contribution in [3.05, 3.63) is 28.7 Å². The van der Waals surface area contributed by atoms with Crippen LogP contribution in [0.5, 0.6) is 5.75 Å². The number of alkyl halides is 1. The van der Waals surface area contributed by atoms with Crippen molar-refractivity contribution in [2.75, 3.05) is 25.7 Å². The maximum atomic E-state index is 5.45. The summed E-state index contributed by atoms with van der Waals surface area (Å²) >= 11 is 8.81. The molecular formula is C10H12BrClO2. The van der Waals surface area contributed by atoms with Gasteiger partial charge < -0.3 is 9.47 Å². The van der Waals surface area contributed by atoms with Gasteiger partial charge in [-0.1, -0.05) is 22.0 Å². The third-order valence-corrected chi connectivity index (χ3v) is 2.16. The molecule has 0 amide bonds. The molecule has 1 aromatic carbocycles. The summed E-state index contributed by atoms with van der Waals surface area (Å²) in [6.45, 7) is 1.69. The summed E-state index contributed by atoms with van der Waals surface area (Å²) in [6, 6.07) is 7.71. The van der Waals surface area contributed by atoms with Crippen molar-refractivity contribution in [2.45, 2.75) is 0 Å². The fourth-order valence-electron chi connectivity index (χ4n) is 0.932. The summed E-state index contributed by atoms with van der Waals surface area (Å²) < 4.78 is 11.6. The van der Waals surface area contributed by atoms with Crippen LogP contribution in [-0.4, -0.2) is 25.7 Å². The van der Waals surface area contributed by atoms with Gasteiger partial charge in [0.15, 0.2) is 0 Å². The zero-order valence-corrected chi connectivity index (χ0v) is 10.1. The van der Waals surface area contributed by atoms with Crippen molar-refractivity contribution in [3.63, 3.8) is 0 Å². The molecule has 2 nitrogen and oxygen atoms in total. The number of ether oxygens (including phenoxy) is 2. The first-order valence-electron chi connectivity index (χ1n) is 4.35. The van der Waals surface area contributed by atoms with Crippen LogP contribution in [0.25, 0.3) is 0 Å². The van der Waals surface area contributed by atoms with Crippen molar-refractivity contribution >= 4 is 27.5 Å². The highest BCUT2D eigenvalue weighted by Gasteiger charge is 1.94. The Morgan fingerprint density at radius 2 is 2.07 bits per heavy atom. The van der Waals surface area contributed by atoms with Crippen molar-refractivity contribution in [3.8, 4) is 5.75 Å². The van der Waals surface area contributed by atoms with E-state index in [1.807, 2.05) is 24.3 Å². The Kier molecular flexibility index (Phi) is 5.99.